The van der Waals surface area contributed by atoms with Gasteiger partial charge in [-0.15, -0.1) is 12.4 Å². The zero-order valence-corrected chi connectivity index (χ0v) is 14.4. The minimum Gasteiger partial charge on any atom is -0.326 e. The lowest BCUT2D eigenvalue weighted by atomic mass is 10.1. The molecule has 0 aliphatic carbocycles. The summed E-state index contributed by atoms with van der Waals surface area (Å²) in [6.07, 6.45) is 2.28. The van der Waals surface area contributed by atoms with Gasteiger partial charge in [0.2, 0.25) is 11.8 Å². The molecule has 1 aliphatic heterocycles. The molecular weight excluding hydrogens is 316 g/mol. The third kappa shape index (κ3) is 6.56. The van der Waals surface area contributed by atoms with E-state index in [0.29, 0.717) is 12.6 Å². The maximum absolute atomic E-state index is 12.1. The zero-order chi connectivity index (χ0) is 15.9. The Kier molecular flexibility index (Phi) is 8.02. The molecule has 6 nitrogen and oxygen atoms in total. The van der Waals surface area contributed by atoms with E-state index in [1.165, 1.54) is 13.3 Å². The van der Waals surface area contributed by atoms with Gasteiger partial charge < -0.3 is 16.0 Å². The summed E-state index contributed by atoms with van der Waals surface area (Å²) in [7, 11) is 1.96. The van der Waals surface area contributed by atoms with E-state index in [2.05, 4.69) is 20.9 Å². The van der Waals surface area contributed by atoms with Crippen molar-refractivity contribution in [2.75, 3.05) is 37.3 Å². The van der Waals surface area contributed by atoms with Crippen molar-refractivity contribution in [1.29, 1.82) is 0 Å². The average molecular weight is 341 g/mol. The second-order valence-corrected chi connectivity index (χ2v) is 5.67. The number of likely N-dealkylation sites (N-methyl/N-ethyl adjacent to an activating group) is 1. The minimum atomic E-state index is -0.110. The molecule has 128 valence electrons. The highest BCUT2D eigenvalue weighted by Crippen LogP contribution is 2.14. The fourth-order valence-electron chi connectivity index (χ4n) is 2.68. The lowest BCUT2D eigenvalue weighted by Crippen LogP contribution is -2.46. The molecule has 1 heterocycles. The molecular formula is C16H25ClN4O2. The van der Waals surface area contributed by atoms with Crippen molar-refractivity contribution in [3.05, 3.63) is 24.3 Å². The second kappa shape index (κ2) is 9.50. The van der Waals surface area contributed by atoms with Gasteiger partial charge in [0.1, 0.15) is 0 Å². The Morgan fingerprint density at radius 2 is 1.78 bits per heavy atom. The van der Waals surface area contributed by atoms with Gasteiger partial charge in [0.15, 0.2) is 0 Å². The highest BCUT2D eigenvalue weighted by Gasteiger charge is 2.20. The summed E-state index contributed by atoms with van der Waals surface area (Å²) in [6.45, 7) is 3.75. The molecule has 1 unspecified atom stereocenters. The summed E-state index contributed by atoms with van der Waals surface area (Å²) >= 11 is 0. The van der Waals surface area contributed by atoms with E-state index < -0.39 is 0 Å². The number of piperidine rings is 1. The van der Waals surface area contributed by atoms with Crippen LogP contribution in [-0.2, 0) is 9.59 Å². The molecule has 7 heteroatoms. The first-order valence-electron chi connectivity index (χ1n) is 7.64. The third-order valence-corrected chi connectivity index (χ3v) is 3.77. The highest BCUT2D eigenvalue weighted by atomic mass is 35.5. The molecule has 1 aromatic rings. The van der Waals surface area contributed by atoms with Crippen LogP contribution in [0.15, 0.2) is 24.3 Å². The molecule has 1 aromatic carbocycles. The predicted molar refractivity (Wildman–Crippen MR) is 95.1 cm³/mol. The molecule has 0 aromatic heterocycles. The first-order chi connectivity index (χ1) is 10.6. The van der Waals surface area contributed by atoms with Crippen LogP contribution in [-0.4, -0.2) is 49.4 Å². The number of carbonyl (C=O) groups excluding carboxylic acids is 2. The Morgan fingerprint density at radius 3 is 2.35 bits per heavy atom. The Bertz CT molecular complexity index is 521. The molecule has 1 aliphatic rings. The topological polar surface area (TPSA) is 73.5 Å². The van der Waals surface area contributed by atoms with Gasteiger partial charge in [-0.25, -0.2) is 0 Å². The van der Waals surface area contributed by atoms with Crippen LogP contribution in [0.2, 0.25) is 0 Å². The van der Waals surface area contributed by atoms with Crippen molar-refractivity contribution in [3.63, 3.8) is 0 Å². The maximum atomic E-state index is 12.1. The first-order valence-corrected chi connectivity index (χ1v) is 7.64. The lowest BCUT2D eigenvalue weighted by molar-refractivity contribution is -0.117. The summed E-state index contributed by atoms with van der Waals surface area (Å²) in [6, 6.07) is 7.59. The van der Waals surface area contributed by atoms with Gasteiger partial charge >= 0.3 is 0 Å². The van der Waals surface area contributed by atoms with Gasteiger partial charge in [0.05, 0.1) is 6.54 Å². The number of likely N-dealkylation sites (tertiary alicyclic amines) is 1. The van der Waals surface area contributed by atoms with E-state index in [9.17, 15) is 9.59 Å². The fourth-order valence-corrected chi connectivity index (χ4v) is 2.68. The molecule has 23 heavy (non-hydrogen) atoms. The first kappa shape index (κ1) is 19.4. The molecule has 1 saturated heterocycles. The van der Waals surface area contributed by atoms with Crippen LogP contribution in [0.25, 0.3) is 0 Å². The van der Waals surface area contributed by atoms with E-state index in [-0.39, 0.29) is 24.2 Å². The summed E-state index contributed by atoms with van der Waals surface area (Å²) in [5.41, 5.74) is 1.46. The lowest BCUT2D eigenvalue weighted by Gasteiger charge is -2.31. The van der Waals surface area contributed by atoms with Gasteiger partial charge in [-0.2, -0.15) is 0 Å². The third-order valence-electron chi connectivity index (χ3n) is 3.77. The van der Waals surface area contributed by atoms with Gasteiger partial charge in [-0.3, -0.25) is 14.5 Å². The minimum absolute atomic E-state index is 0. The van der Waals surface area contributed by atoms with E-state index in [1.54, 1.807) is 24.3 Å². The molecule has 3 N–H and O–H groups in total. The molecule has 0 radical (unpaired) electrons. The Labute approximate surface area is 143 Å². The summed E-state index contributed by atoms with van der Waals surface area (Å²) in [5.74, 6) is -0.120. The van der Waals surface area contributed by atoms with Crippen LogP contribution in [0.3, 0.4) is 0 Å². The SMILES string of the molecule is CNC1CCCN(CC(=O)Nc2ccc(NC(C)=O)cc2)C1.Cl. The number of rotatable bonds is 5. The summed E-state index contributed by atoms with van der Waals surface area (Å²) in [5, 5.41) is 8.86. The number of hydrogen-bond acceptors (Lipinski definition) is 4. The molecule has 0 spiro atoms. The normalized spacial score (nSPS) is 17.9. The molecule has 2 amide bonds. The Hall–Kier alpha value is -1.63. The van der Waals surface area contributed by atoms with Crippen molar-refractivity contribution >= 4 is 35.6 Å². The number of amides is 2. The Morgan fingerprint density at radius 1 is 1.17 bits per heavy atom. The van der Waals surface area contributed by atoms with Crippen molar-refractivity contribution < 1.29 is 9.59 Å². The van der Waals surface area contributed by atoms with Crippen LogP contribution >= 0.6 is 12.4 Å². The van der Waals surface area contributed by atoms with Crippen molar-refractivity contribution in [3.8, 4) is 0 Å². The molecule has 0 bridgehead atoms. The van der Waals surface area contributed by atoms with Gasteiger partial charge in [0.25, 0.3) is 0 Å². The van der Waals surface area contributed by atoms with Gasteiger partial charge in [-0.05, 0) is 50.7 Å². The number of nitrogens with one attached hydrogen (secondary N) is 3. The number of benzene rings is 1. The van der Waals surface area contributed by atoms with Crippen LogP contribution < -0.4 is 16.0 Å². The quantitative estimate of drug-likeness (QED) is 0.762. The molecule has 1 atom stereocenters. The van der Waals surface area contributed by atoms with Crippen LogP contribution in [0, 0.1) is 0 Å². The standard InChI is InChI=1S/C16H24N4O2.ClH/c1-12(21)18-13-5-7-14(8-6-13)19-16(22)11-20-9-3-4-15(10-20)17-2;/h5-8,15,17H,3-4,9-11H2,1-2H3,(H,18,21)(H,19,22);1H. The average Bonchev–Trinajstić information content (AvgIpc) is 2.49. The number of halogens is 1. The smallest absolute Gasteiger partial charge is 0.238 e. The molecule has 2 rings (SSSR count). The largest absolute Gasteiger partial charge is 0.326 e. The second-order valence-electron chi connectivity index (χ2n) is 5.67. The number of anilines is 2. The van der Waals surface area contributed by atoms with E-state index in [0.717, 1.165) is 30.9 Å². The van der Waals surface area contributed by atoms with Crippen molar-refractivity contribution in [2.45, 2.75) is 25.8 Å². The van der Waals surface area contributed by atoms with E-state index >= 15 is 0 Å². The number of carbonyl (C=O) groups is 2. The van der Waals surface area contributed by atoms with Crippen LogP contribution in [0.5, 0.6) is 0 Å². The predicted octanol–water partition coefficient (Wildman–Crippen LogP) is 1.69. The molecule has 1 fully saturated rings. The van der Waals surface area contributed by atoms with Crippen molar-refractivity contribution in [2.24, 2.45) is 0 Å². The van der Waals surface area contributed by atoms with Gasteiger partial charge in [0, 0.05) is 30.9 Å². The highest BCUT2D eigenvalue weighted by molar-refractivity contribution is 5.93. The molecule has 0 saturated carbocycles. The zero-order valence-electron chi connectivity index (χ0n) is 13.6. The summed E-state index contributed by atoms with van der Waals surface area (Å²) in [4.78, 5) is 25.2. The van der Waals surface area contributed by atoms with E-state index in [4.69, 9.17) is 0 Å². The van der Waals surface area contributed by atoms with Crippen molar-refractivity contribution in [1.82, 2.24) is 10.2 Å². The maximum Gasteiger partial charge on any atom is 0.238 e. The van der Waals surface area contributed by atoms with Crippen LogP contribution in [0.4, 0.5) is 11.4 Å². The van der Waals surface area contributed by atoms with Gasteiger partial charge in [-0.1, -0.05) is 0 Å². The Balaban J connectivity index is 0.00000264. The number of nitrogens with zero attached hydrogens (tertiary/aromatic N) is 1. The monoisotopic (exact) mass is 340 g/mol. The fraction of sp³-hybridized carbons (Fsp3) is 0.500. The summed E-state index contributed by atoms with van der Waals surface area (Å²) < 4.78 is 0. The van der Waals surface area contributed by atoms with E-state index in [1.807, 2.05) is 7.05 Å². The van der Waals surface area contributed by atoms with Crippen LogP contribution in [0.1, 0.15) is 19.8 Å². The number of hydrogen-bond donors (Lipinski definition) is 3.